The van der Waals surface area contributed by atoms with E-state index in [2.05, 4.69) is 29.2 Å². The Morgan fingerprint density at radius 1 is 1.03 bits per heavy atom. The molecule has 3 aromatic carbocycles. The molecule has 0 saturated carbocycles. The molecule has 0 bridgehead atoms. The Morgan fingerprint density at radius 2 is 1.83 bits per heavy atom. The molecular formula is C28H30N4O3. The quantitative estimate of drug-likeness (QED) is 0.571. The maximum absolute atomic E-state index is 12.9. The first-order valence-electron chi connectivity index (χ1n) is 11.9. The number of amidine groups is 1. The van der Waals surface area contributed by atoms with E-state index in [1.54, 1.807) is 25.3 Å². The Balaban J connectivity index is 1.48. The number of ether oxygens (including phenoxy) is 2. The molecule has 35 heavy (non-hydrogen) atoms. The smallest absolute Gasteiger partial charge is 0.255 e. The van der Waals surface area contributed by atoms with Gasteiger partial charge in [0.15, 0.2) is 5.75 Å². The Bertz CT molecular complexity index is 1260. The fourth-order valence-electron chi connectivity index (χ4n) is 4.60. The number of likely N-dealkylation sites (tertiary alicyclic amines) is 1. The lowest BCUT2D eigenvalue weighted by atomic mass is 10.0. The van der Waals surface area contributed by atoms with E-state index in [1.807, 2.05) is 48.5 Å². The summed E-state index contributed by atoms with van der Waals surface area (Å²) < 4.78 is 11.5. The van der Waals surface area contributed by atoms with E-state index in [-0.39, 0.29) is 5.91 Å². The maximum atomic E-state index is 12.9. The highest BCUT2D eigenvalue weighted by Crippen LogP contribution is 2.39. The van der Waals surface area contributed by atoms with Crippen LogP contribution in [0.3, 0.4) is 0 Å². The van der Waals surface area contributed by atoms with Gasteiger partial charge in [0.2, 0.25) is 0 Å². The van der Waals surface area contributed by atoms with Gasteiger partial charge in [0, 0.05) is 30.4 Å². The molecule has 7 heteroatoms. The number of para-hydroxylation sites is 2. The zero-order chi connectivity index (χ0) is 24.4. The van der Waals surface area contributed by atoms with Gasteiger partial charge in [0.25, 0.3) is 5.91 Å². The molecule has 1 fully saturated rings. The molecule has 180 valence electrons. The zero-order valence-corrected chi connectivity index (χ0v) is 20.3. The zero-order valence-electron chi connectivity index (χ0n) is 20.3. The second kappa shape index (κ2) is 9.80. The number of hydrogen-bond donors (Lipinski definition) is 1. The molecule has 0 aliphatic carbocycles. The molecule has 0 spiro atoms. The number of methoxy groups -OCH3 is 1. The summed E-state index contributed by atoms with van der Waals surface area (Å²) in [5.74, 6) is 2.76. The number of hydrogen-bond acceptors (Lipinski definition) is 6. The lowest BCUT2D eigenvalue weighted by molar-refractivity contribution is 0.102. The molecule has 2 aliphatic rings. The van der Waals surface area contributed by atoms with Crippen molar-refractivity contribution in [3.8, 4) is 17.2 Å². The van der Waals surface area contributed by atoms with Crippen molar-refractivity contribution in [1.29, 1.82) is 0 Å². The lowest BCUT2D eigenvalue weighted by Crippen LogP contribution is -2.44. The van der Waals surface area contributed by atoms with E-state index < -0.39 is 0 Å². The van der Waals surface area contributed by atoms with Gasteiger partial charge < -0.3 is 24.6 Å². The third-order valence-corrected chi connectivity index (χ3v) is 6.62. The summed E-state index contributed by atoms with van der Waals surface area (Å²) in [5.41, 5.74) is 2.88. The van der Waals surface area contributed by atoms with Gasteiger partial charge in [-0.05, 0) is 75.5 Å². The third kappa shape index (κ3) is 4.86. The number of anilines is 1. The van der Waals surface area contributed by atoms with Gasteiger partial charge in [0.1, 0.15) is 23.0 Å². The van der Waals surface area contributed by atoms with Crippen molar-refractivity contribution in [3.63, 3.8) is 0 Å². The summed E-state index contributed by atoms with van der Waals surface area (Å²) in [7, 11) is 5.87. The highest BCUT2D eigenvalue weighted by molar-refractivity contribution is 6.07. The van der Waals surface area contributed by atoms with Gasteiger partial charge in [-0.25, -0.2) is 4.99 Å². The van der Waals surface area contributed by atoms with Crippen LogP contribution in [0.25, 0.3) is 0 Å². The normalized spacial score (nSPS) is 15.4. The number of aliphatic imine (C=N–C) groups is 1. The Kier molecular flexibility index (Phi) is 6.42. The van der Waals surface area contributed by atoms with E-state index >= 15 is 0 Å². The predicted octanol–water partition coefficient (Wildman–Crippen LogP) is 5.16. The Labute approximate surface area is 206 Å². The number of piperidine rings is 1. The van der Waals surface area contributed by atoms with Crippen molar-refractivity contribution >= 4 is 23.1 Å². The van der Waals surface area contributed by atoms with Crippen LogP contribution >= 0.6 is 0 Å². The first-order chi connectivity index (χ1) is 17.0. The molecule has 2 heterocycles. The maximum Gasteiger partial charge on any atom is 0.255 e. The van der Waals surface area contributed by atoms with Gasteiger partial charge in [-0.1, -0.05) is 18.2 Å². The predicted molar refractivity (Wildman–Crippen MR) is 138 cm³/mol. The molecule has 2 aliphatic heterocycles. The summed E-state index contributed by atoms with van der Waals surface area (Å²) in [6.45, 7) is 1.81. The van der Waals surface area contributed by atoms with Crippen molar-refractivity contribution in [2.75, 3.05) is 39.6 Å². The van der Waals surface area contributed by atoms with Crippen molar-refractivity contribution in [2.24, 2.45) is 4.99 Å². The first kappa shape index (κ1) is 22.9. The van der Waals surface area contributed by atoms with Gasteiger partial charge in [0.05, 0.1) is 12.7 Å². The number of amides is 1. The van der Waals surface area contributed by atoms with Gasteiger partial charge >= 0.3 is 0 Å². The van der Waals surface area contributed by atoms with Crippen molar-refractivity contribution in [1.82, 2.24) is 9.80 Å². The number of nitrogens with one attached hydrogen (secondary N) is 1. The topological polar surface area (TPSA) is 66.4 Å². The first-order valence-corrected chi connectivity index (χ1v) is 11.9. The molecule has 0 unspecified atom stereocenters. The molecule has 0 aromatic heterocycles. The fourth-order valence-corrected chi connectivity index (χ4v) is 4.60. The van der Waals surface area contributed by atoms with Gasteiger partial charge in [-0.3, -0.25) is 4.79 Å². The largest absolute Gasteiger partial charge is 0.497 e. The number of nitrogens with zero attached hydrogens (tertiary/aromatic N) is 3. The summed E-state index contributed by atoms with van der Waals surface area (Å²) >= 11 is 0. The monoisotopic (exact) mass is 470 g/mol. The molecule has 7 nitrogen and oxygen atoms in total. The second-order valence-electron chi connectivity index (χ2n) is 9.08. The number of carbonyl (C=O) groups is 1. The van der Waals surface area contributed by atoms with Crippen LogP contribution in [0, 0.1) is 0 Å². The summed E-state index contributed by atoms with van der Waals surface area (Å²) in [6.07, 6.45) is 2.13. The van der Waals surface area contributed by atoms with E-state index in [1.165, 1.54) is 0 Å². The molecule has 0 atom stereocenters. The SMILES string of the molecule is COc1cccc(C(=O)Nc2ccc3c(c2)C(N2CCC(N(C)C)CC2)=Nc2ccccc2O3)c1. The van der Waals surface area contributed by atoms with Crippen LogP contribution in [0.2, 0.25) is 0 Å². The van der Waals surface area contributed by atoms with Crippen LogP contribution < -0.4 is 14.8 Å². The van der Waals surface area contributed by atoms with Crippen LogP contribution in [0.4, 0.5) is 11.4 Å². The fraction of sp³-hybridized carbons (Fsp3) is 0.286. The van der Waals surface area contributed by atoms with Crippen molar-refractivity contribution in [2.45, 2.75) is 18.9 Å². The van der Waals surface area contributed by atoms with E-state index in [9.17, 15) is 4.79 Å². The number of carbonyl (C=O) groups excluding carboxylic acids is 1. The number of benzene rings is 3. The average molecular weight is 471 g/mol. The Hall–Kier alpha value is -3.84. The minimum Gasteiger partial charge on any atom is -0.497 e. The van der Waals surface area contributed by atoms with Crippen LogP contribution in [-0.2, 0) is 0 Å². The molecule has 5 rings (SSSR count). The molecule has 0 radical (unpaired) electrons. The van der Waals surface area contributed by atoms with Gasteiger partial charge in [-0.15, -0.1) is 0 Å². The molecule has 1 amide bonds. The number of fused-ring (bicyclic) bond motifs is 2. The standard InChI is InChI=1S/C28H30N4O3/c1-31(2)21-13-15-32(16-14-21)27-23-18-20(29-28(33)19-7-6-8-22(17-19)34-3)11-12-25(23)35-26-10-5-4-9-24(26)30-27/h4-12,17-18,21H,13-16H2,1-3H3,(H,29,33). The van der Waals surface area contributed by atoms with E-state index in [0.717, 1.165) is 54.5 Å². The van der Waals surface area contributed by atoms with Gasteiger partial charge in [-0.2, -0.15) is 0 Å². The van der Waals surface area contributed by atoms with Crippen LogP contribution in [0.5, 0.6) is 17.2 Å². The highest BCUT2D eigenvalue weighted by Gasteiger charge is 2.28. The summed E-state index contributed by atoms with van der Waals surface area (Å²) in [4.78, 5) is 22.6. The van der Waals surface area contributed by atoms with Crippen LogP contribution in [-0.4, -0.2) is 61.9 Å². The van der Waals surface area contributed by atoms with E-state index in [4.69, 9.17) is 14.5 Å². The molecule has 1 N–H and O–H groups in total. The third-order valence-electron chi connectivity index (χ3n) is 6.62. The molecule has 1 saturated heterocycles. The van der Waals surface area contributed by atoms with Crippen molar-refractivity contribution in [3.05, 3.63) is 77.9 Å². The highest BCUT2D eigenvalue weighted by atomic mass is 16.5. The van der Waals surface area contributed by atoms with Crippen LogP contribution in [0.15, 0.2) is 71.7 Å². The number of rotatable bonds is 4. The summed E-state index contributed by atoms with van der Waals surface area (Å²) in [6, 6.07) is 21.2. The molecule has 3 aromatic rings. The second-order valence-corrected chi connectivity index (χ2v) is 9.08. The minimum absolute atomic E-state index is 0.202. The summed E-state index contributed by atoms with van der Waals surface area (Å²) in [5, 5.41) is 3.02. The van der Waals surface area contributed by atoms with Crippen molar-refractivity contribution < 1.29 is 14.3 Å². The minimum atomic E-state index is -0.202. The molecular weight excluding hydrogens is 440 g/mol. The Morgan fingerprint density at radius 3 is 2.60 bits per heavy atom. The lowest BCUT2D eigenvalue weighted by Gasteiger charge is -2.37. The van der Waals surface area contributed by atoms with Crippen LogP contribution in [0.1, 0.15) is 28.8 Å². The average Bonchev–Trinajstić information content (AvgIpc) is 3.05. The van der Waals surface area contributed by atoms with E-state index in [0.29, 0.717) is 23.0 Å².